The topological polar surface area (TPSA) is 49.4 Å². The molecule has 0 radical (unpaired) electrons. The van der Waals surface area contributed by atoms with Crippen LogP contribution in [0.3, 0.4) is 0 Å². The summed E-state index contributed by atoms with van der Waals surface area (Å²) in [5.41, 5.74) is 1.80. The van der Waals surface area contributed by atoms with Gasteiger partial charge in [0.05, 0.1) is 5.92 Å². The molecule has 0 saturated carbocycles. The molecule has 0 bridgehead atoms. The monoisotopic (exact) mass is 302 g/mol. The van der Waals surface area contributed by atoms with Gasteiger partial charge in [-0.15, -0.1) is 0 Å². The summed E-state index contributed by atoms with van der Waals surface area (Å²) in [5, 5.41) is 2.92. The van der Waals surface area contributed by atoms with Crippen LogP contribution in [0.25, 0.3) is 0 Å². The average Bonchev–Trinajstić information content (AvgIpc) is 2.81. The third-order valence-corrected chi connectivity index (χ3v) is 4.15. The molecule has 4 nitrogen and oxygen atoms in total. The molecule has 1 aliphatic heterocycles. The van der Waals surface area contributed by atoms with Crippen LogP contribution in [-0.2, 0) is 9.59 Å². The van der Waals surface area contributed by atoms with Crippen molar-refractivity contribution in [3.63, 3.8) is 0 Å². The minimum absolute atomic E-state index is 0.0582. The number of hydrogen-bond donors (Lipinski definition) is 1. The Balaban J connectivity index is 2.00. The van der Waals surface area contributed by atoms with Gasteiger partial charge >= 0.3 is 0 Å². The van der Waals surface area contributed by atoms with Gasteiger partial charge < -0.3 is 10.2 Å². The third kappa shape index (κ3) is 3.67. The van der Waals surface area contributed by atoms with Gasteiger partial charge in [-0.2, -0.15) is 0 Å². The summed E-state index contributed by atoms with van der Waals surface area (Å²) in [6, 6.07) is 7.90. The van der Waals surface area contributed by atoms with E-state index in [9.17, 15) is 9.59 Å². The van der Waals surface area contributed by atoms with Crippen LogP contribution >= 0.6 is 0 Å². The largest absolute Gasteiger partial charge is 0.337 e. The van der Waals surface area contributed by atoms with E-state index < -0.39 is 0 Å². The second-order valence-electron chi connectivity index (χ2n) is 7.34. The van der Waals surface area contributed by atoms with Gasteiger partial charge in [0.1, 0.15) is 0 Å². The van der Waals surface area contributed by atoms with E-state index in [4.69, 9.17) is 0 Å². The molecule has 1 aliphatic rings. The van der Waals surface area contributed by atoms with E-state index in [-0.39, 0.29) is 23.3 Å². The molecule has 22 heavy (non-hydrogen) atoms. The Morgan fingerprint density at radius 1 is 1.23 bits per heavy atom. The molecule has 0 aromatic heterocycles. The molecule has 2 amide bonds. The van der Waals surface area contributed by atoms with Crippen LogP contribution in [0, 0.1) is 5.92 Å². The molecule has 1 N–H and O–H groups in total. The van der Waals surface area contributed by atoms with Gasteiger partial charge in [0.25, 0.3) is 0 Å². The van der Waals surface area contributed by atoms with Gasteiger partial charge in [0.2, 0.25) is 11.8 Å². The molecule has 1 aromatic rings. The number of nitrogens with one attached hydrogen (secondary N) is 1. The van der Waals surface area contributed by atoms with Crippen molar-refractivity contribution in [2.75, 3.05) is 11.9 Å². The molecule has 2 rings (SSSR count). The van der Waals surface area contributed by atoms with E-state index >= 15 is 0 Å². The first-order valence-corrected chi connectivity index (χ1v) is 7.90. The van der Waals surface area contributed by atoms with Crippen molar-refractivity contribution in [1.29, 1.82) is 0 Å². The lowest BCUT2D eigenvalue weighted by Gasteiger charge is -2.31. The fourth-order valence-electron chi connectivity index (χ4n) is 2.73. The van der Waals surface area contributed by atoms with Gasteiger partial charge in [-0.1, -0.05) is 26.0 Å². The molecule has 1 saturated heterocycles. The Hall–Kier alpha value is -1.84. The number of likely N-dealkylation sites (tertiary alicyclic amines) is 1. The number of carbonyl (C=O) groups excluding carboxylic acids is 2. The normalized spacial score (nSPS) is 18.9. The smallest absolute Gasteiger partial charge is 0.229 e. The second kappa shape index (κ2) is 6.11. The van der Waals surface area contributed by atoms with E-state index in [2.05, 4.69) is 19.2 Å². The van der Waals surface area contributed by atoms with Crippen LogP contribution in [-0.4, -0.2) is 28.8 Å². The second-order valence-corrected chi connectivity index (χ2v) is 7.34. The Kier molecular flexibility index (Phi) is 4.59. The van der Waals surface area contributed by atoms with Crippen molar-refractivity contribution >= 4 is 17.5 Å². The summed E-state index contributed by atoms with van der Waals surface area (Å²) < 4.78 is 0. The van der Waals surface area contributed by atoms with Crippen molar-refractivity contribution in [1.82, 2.24) is 4.90 Å². The van der Waals surface area contributed by atoms with Crippen LogP contribution in [0.2, 0.25) is 0 Å². The molecule has 1 heterocycles. The minimum atomic E-state index is -0.267. The Labute approximate surface area is 132 Å². The first-order valence-electron chi connectivity index (χ1n) is 7.90. The quantitative estimate of drug-likeness (QED) is 0.930. The molecule has 1 aromatic carbocycles. The SMILES string of the molecule is CC(C)c1ccc(NC(=O)C2CC(=O)N(C(C)(C)C)C2)cc1. The highest BCUT2D eigenvalue weighted by Gasteiger charge is 2.39. The van der Waals surface area contributed by atoms with Crippen LogP contribution in [0.15, 0.2) is 24.3 Å². The lowest BCUT2D eigenvalue weighted by Crippen LogP contribution is -2.42. The highest BCUT2D eigenvalue weighted by molar-refractivity contribution is 5.97. The molecule has 4 heteroatoms. The first-order chi connectivity index (χ1) is 10.2. The number of nitrogens with zero attached hydrogens (tertiary/aromatic N) is 1. The van der Waals surface area contributed by atoms with Crippen molar-refractivity contribution in [2.45, 2.75) is 52.5 Å². The molecule has 0 aliphatic carbocycles. The number of anilines is 1. The Bertz CT molecular complexity index is 555. The maximum absolute atomic E-state index is 12.4. The molecule has 1 atom stereocenters. The standard InChI is InChI=1S/C18H26N2O2/c1-12(2)13-6-8-15(9-7-13)19-17(22)14-10-16(21)20(11-14)18(3,4)5/h6-9,12,14H,10-11H2,1-5H3,(H,19,22). The maximum Gasteiger partial charge on any atom is 0.229 e. The lowest BCUT2D eigenvalue weighted by atomic mass is 10.0. The van der Waals surface area contributed by atoms with Gasteiger partial charge in [-0.25, -0.2) is 0 Å². The summed E-state index contributed by atoms with van der Waals surface area (Å²) in [6.07, 6.45) is 0.299. The van der Waals surface area contributed by atoms with Crippen LogP contribution in [0.4, 0.5) is 5.69 Å². The van der Waals surface area contributed by atoms with Gasteiger partial charge in [0.15, 0.2) is 0 Å². The number of benzene rings is 1. The molecule has 0 spiro atoms. The van der Waals surface area contributed by atoms with E-state index in [1.54, 1.807) is 4.90 Å². The van der Waals surface area contributed by atoms with E-state index in [0.717, 1.165) is 5.69 Å². The summed E-state index contributed by atoms with van der Waals surface area (Å²) >= 11 is 0. The van der Waals surface area contributed by atoms with Gasteiger partial charge in [0, 0.05) is 24.2 Å². The highest BCUT2D eigenvalue weighted by atomic mass is 16.2. The molecular weight excluding hydrogens is 276 g/mol. The van der Waals surface area contributed by atoms with Gasteiger partial charge in [-0.3, -0.25) is 9.59 Å². The van der Waals surface area contributed by atoms with Crippen molar-refractivity contribution < 1.29 is 9.59 Å². The summed E-state index contributed by atoms with van der Waals surface area (Å²) in [7, 11) is 0. The van der Waals surface area contributed by atoms with Crippen molar-refractivity contribution in [3.05, 3.63) is 29.8 Å². The molecule has 120 valence electrons. The summed E-state index contributed by atoms with van der Waals surface area (Å²) in [6.45, 7) is 10.8. The van der Waals surface area contributed by atoms with Crippen molar-refractivity contribution in [2.24, 2.45) is 5.92 Å². The molecular formula is C18H26N2O2. The molecule has 1 fully saturated rings. The van der Waals surface area contributed by atoms with Crippen LogP contribution in [0.1, 0.15) is 52.5 Å². The lowest BCUT2D eigenvalue weighted by molar-refractivity contribution is -0.131. The van der Waals surface area contributed by atoms with E-state index in [1.165, 1.54) is 5.56 Å². The fraction of sp³-hybridized carbons (Fsp3) is 0.556. The third-order valence-electron chi connectivity index (χ3n) is 4.15. The van der Waals surface area contributed by atoms with E-state index in [1.807, 2.05) is 45.0 Å². The zero-order valence-corrected chi connectivity index (χ0v) is 14.1. The zero-order valence-electron chi connectivity index (χ0n) is 14.1. The molecule has 1 unspecified atom stereocenters. The predicted octanol–water partition coefficient (Wildman–Crippen LogP) is 3.40. The average molecular weight is 302 g/mol. The maximum atomic E-state index is 12.4. The number of amides is 2. The van der Waals surface area contributed by atoms with Crippen LogP contribution in [0.5, 0.6) is 0 Å². The minimum Gasteiger partial charge on any atom is -0.337 e. The Morgan fingerprint density at radius 2 is 1.82 bits per heavy atom. The van der Waals surface area contributed by atoms with Gasteiger partial charge in [-0.05, 0) is 44.4 Å². The van der Waals surface area contributed by atoms with E-state index in [0.29, 0.717) is 18.9 Å². The highest BCUT2D eigenvalue weighted by Crippen LogP contribution is 2.27. The summed E-state index contributed by atoms with van der Waals surface area (Å²) in [4.78, 5) is 26.2. The first kappa shape index (κ1) is 16.5. The zero-order chi connectivity index (χ0) is 16.5. The number of rotatable bonds is 3. The summed E-state index contributed by atoms with van der Waals surface area (Å²) in [5.74, 6) is 0.189. The Morgan fingerprint density at radius 3 is 2.27 bits per heavy atom. The predicted molar refractivity (Wildman–Crippen MR) is 88.7 cm³/mol. The van der Waals surface area contributed by atoms with Crippen LogP contribution < -0.4 is 5.32 Å². The number of carbonyl (C=O) groups is 2. The number of hydrogen-bond acceptors (Lipinski definition) is 2. The fourth-order valence-corrected chi connectivity index (χ4v) is 2.73. The van der Waals surface area contributed by atoms with Crippen molar-refractivity contribution in [3.8, 4) is 0 Å².